The van der Waals surface area contributed by atoms with Crippen molar-refractivity contribution in [2.45, 2.75) is 32.9 Å². The van der Waals surface area contributed by atoms with Crippen molar-refractivity contribution < 1.29 is 9.53 Å². The number of anilines is 1. The minimum atomic E-state index is -0.0742. The van der Waals surface area contributed by atoms with E-state index in [1.54, 1.807) is 7.11 Å². The van der Waals surface area contributed by atoms with Crippen molar-refractivity contribution in [3.05, 3.63) is 24.3 Å². The van der Waals surface area contributed by atoms with Gasteiger partial charge in [0.15, 0.2) is 0 Å². The molecule has 0 aliphatic carbocycles. The number of carbonyl (C=O) groups excluding carboxylic acids is 1. The number of ether oxygens (including phenoxy) is 1. The molecule has 5 heteroatoms. The monoisotopic (exact) mass is 305 g/mol. The Bertz CT molecular complexity index is 496. The molecule has 0 saturated carbocycles. The molecule has 1 aliphatic heterocycles. The second-order valence-electron chi connectivity index (χ2n) is 6.06. The lowest BCUT2D eigenvalue weighted by Crippen LogP contribution is -2.54. The first kappa shape index (κ1) is 16.6. The fourth-order valence-corrected chi connectivity index (χ4v) is 2.75. The smallest absolute Gasteiger partial charge is 0.237 e. The molecule has 1 atom stereocenters. The number of piperazine rings is 1. The Morgan fingerprint density at radius 1 is 1.18 bits per heavy atom. The van der Waals surface area contributed by atoms with E-state index in [1.165, 1.54) is 5.69 Å². The Hall–Kier alpha value is -1.75. The van der Waals surface area contributed by atoms with Crippen LogP contribution in [0.2, 0.25) is 0 Å². The fraction of sp³-hybridized carbons (Fsp3) is 0.588. The summed E-state index contributed by atoms with van der Waals surface area (Å²) in [6.45, 7) is 9.60. The van der Waals surface area contributed by atoms with Gasteiger partial charge >= 0.3 is 0 Å². The van der Waals surface area contributed by atoms with E-state index in [-0.39, 0.29) is 18.0 Å². The number of rotatable bonds is 5. The molecule has 1 aliphatic rings. The fourth-order valence-electron chi connectivity index (χ4n) is 2.75. The van der Waals surface area contributed by atoms with E-state index in [0.717, 1.165) is 31.9 Å². The van der Waals surface area contributed by atoms with Crippen LogP contribution in [-0.2, 0) is 4.79 Å². The maximum Gasteiger partial charge on any atom is 0.237 e. The third-order valence-corrected chi connectivity index (χ3v) is 4.09. The molecule has 1 amide bonds. The van der Waals surface area contributed by atoms with E-state index >= 15 is 0 Å². The van der Waals surface area contributed by atoms with E-state index in [0.29, 0.717) is 0 Å². The summed E-state index contributed by atoms with van der Waals surface area (Å²) < 4.78 is 5.28. The topological polar surface area (TPSA) is 44.8 Å². The second-order valence-corrected chi connectivity index (χ2v) is 6.06. The van der Waals surface area contributed by atoms with E-state index in [4.69, 9.17) is 4.74 Å². The van der Waals surface area contributed by atoms with Crippen LogP contribution < -0.4 is 15.0 Å². The maximum atomic E-state index is 12.1. The Kier molecular flexibility index (Phi) is 5.66. The van der Waals surface area contributed by atoms with Crippen LogP contribution in [0.1, 0.15) is 20.8 Å². The molecule has 1 heterocycles. The standard InChI is InChI=1S/C17H27N3O2/c1-13(2)18-17(21)14(3)19-8-10-20(11-9-19)15-6-5-7-16(12-15)22-4/h5-7,12-14H,8-11H2,1-4H3,(H,18,21). The van der Waals surface area contributed by atoms with Crippen molar-refractivity contribution in [3.63, 3.8) is 0 Å². The van der Waals surface area contributed by atoms with Crippen molar-refractivity contribution in [2.75, 3.05) is 38.2 Å². The molecule has 5 nitrogen and oxygen atoms in total. The van der Waals surface area contributed by atoms with Crippen molar-refractivity contribution in [3.8, 4) is 5.75 Å². The van der Waals surface area contributed by atoms with Crippen LogP contribution in [0.3, 0.4) is 0 Å². The van der Waals surface area contributed by atoms with E-state index in [2.05, 4.69) is 27.2 Å². The van der Waals surface area contributed by atoms with Gasteiger partial charge in [0.25, 0.3) is 0 Å². The minimum absolute atomic E-state index is 0.0742. The number of hydrogen-bond donors (Lipinski definition) is 1. The highest BCUT2D eigenvalue weighted by molar-refractivity contribution is 5.81. The lowest BCUT2D eigenvalue weighted by atomic mass is 10.2. The second kappa shape index (κ2) is 7.49. The van der Waals surface area contributed by atoms with Gasteiger partial charge < -0.3 is 15.0 Å². The molecule has 0 bridgehead atoms. The number of carbonyl (C=O) groups is 1. The van der Waals surface area contributed by atoms with Crippen LogP contribution >= 0.6 is 0 Å². The summed E-state index contributed by atoms with van der Waals surface area (Å²) in [5.41, 5.74) is 1.18. The Balaban J connectivity index is 1.91. The highest BCUT2D eigenvalue weighted by Crippen LogP contribution is 2.22. The van der Waals surface area contributed by atoms with Gasteiger partial charge in [0, 0.05) is 44.0 Å². The van der Waals surface area contributed by atoms with Crippen molar-refractivity contribution in [2.24, 2.45) is 0 Å². The highest BCUT2D eigenvalue weighted by Gasteiger charge is 2.25. The molecular weight excluding hydrogens is 278 g/mol. The zero-order chi connectivity index (χ0) is 16.1. The van der Waals surface area contributed by atoms with E-state index < -0.39 is 0 Å². The normalized spacial score (nSPS) is 17.4. The van der Waals surface area contributed by atoms with Gasteiger partial charge in [0.05, 0.1) is 13.2 Å². The average Bonchev–Trinajstić information content (AvgIpc) is 2.53. The molecule has 0 radical (unpaired) electrons. The molecule has 1 saturated heterocycles. The highest BCUT2D eigenvalue weighted by atomic mass is 16.5. The summed E-state index contributed by atoms with van der Waals surface area (Å²) in [6, 6.07) is 8.25. The Morgan fingerprint density at radius 3 is 2.45 bits per heavy atom. The molecule has 122 valence electrons. The van der Waals surface area contributed by atoms with Gasteiger partial charge in [0.1, 0.15) is 5.75 Å². The molecule has 2 rings (SSSR count). The lowest BCUT2D eigenvalue weighted by molar-refractivity contribution is -0.126. The van der Waals surface area contributed by atoms with Gasteiger partial charge in [-0.05, 0) is 32.9 Å². The first-order valence-corrected chi connectivity index (χ1v) is 7.94. The van der Waals surface area contributed by atoms with Crippen molar-refractivity contribution in [1.29, 1.82) is 0 Å². The summed E-state index contributed by atoms with van der Waals surface area (Å²) in [4.78, 5) is 16.7. The Labute approximate surface area is 133 Å². The molecular formula is C17H27N3O2. The molecule has 0 spiro atoms. The van der Waals surface area contributed by atoms with Crippen LogP contribution in [0.15, 0.2) is 24.3 Å². The van der Waals surface area contributed by atoms with Gasteiger partial charge in [-0.3, -0.25) is 9.69 Å². The zero-order valence-corrected chi connectivity index (χ0v) is 14.0. The molecule has 1 aromatic rings. The summed E-state index contributed by atoms with van der Waals surface area (Å²) in [7, 11) is 1.69. The molecule has 1 fully saturated rings. The first-order chi connectivity index (χ1) is 10.5. The van der Waals surface area contributed by atoms with Crippen LogP contribution in [0.5, 0.6) is 5.75 Å². The first-order valence-electron chi connectivity index (χ1n) is 7.94. The number of nitrogens with zero attached hydrogens (tertiary/aromatic N) is 2. The van der Waals surface area contributed by atoms with Gasteiger partial charge in [-0.15, -0.1) is 0 Å². The largest absolute Gasteiger partial charge is 0.497 e. The van der Waals surface area contributed by atoms with E-state index in [9.17, 15) is 4.79 Å². The number of hydrogen-bond acceptors (Lipinski definition) is 4. The quantitative estimate of drug-likeness (QED) is 0.900. The number of benzene rings is 1. The zero-order valence-electron chi connectivity index (χ0n) is 14.0. The van der Waals surface area contributed by atoms with Crippen molar-refractivity contribution in [1.82, 2.24) is 10.2 Å². The third kappa shape index (κ3) is 4.13. The maximum absolute atomic E-state index is 12.1. The molecule has 1 unspecified atom stereocenters. The number of amides is 1. The SMILES string of the molecule is COc1cccc(N2CCN(C(C)C(=O)NC(C)C)CC2)c1. The predicted molar refractivity (Wildman–Crippen MR) is 89.5 cm³/mol. The van der Waals surface area contributed by atoms with Crippen LogP contribution in [0.4, 0.5) is 5.69 Å². The van der Waals surface area contributed by atoms with E-state index in [1.807, 2.05) is 32.9 Å². The lowest BCUT2D eigenvalue weighted by Gasteiger charge is -2.38. The van der Waals surface area contributed by atoms with Crippen LogP contribution in [-0.4, -0.2) is 56.2 Å². The molecule has 0 aromatic heterocycles. The minimum Gasteiger partial charge on any atom is -0.497 e. The van der Waals surface area contributed by atoms with Crippen molar-refractivity contribution >= 4 is 11.6 Å². The number of methoxy groups -OCH3 is 1. The van der Waals surface area contributed by atoms with Gasteiger partial charge in [-0.2, -0.15) is 0 Å². The summed E-state index contributed by atoms with van der Waals surface area (Å²) >= 11 is 0. The van der Waals surface area contributed by atoms with Crippen LogP contribution in [0, 0.1) is 0 Å². The van der Waals surface area contributed by atoms with Gasteiger partial charge in [0.2, 0.25) is 5.91 Å². The van der Waals surface area contributed by atoms with Gasteiger partial charge in [-0.25, -0.2) is 0 Å². The summed E-state index contributed by atoms with van der Waals surface area (Å²) in [5.74, 6) is 0.995. The third-order valence-electron chi connectivity index (χ3n) is 4.09. The Morgan fingerprint density at radius 2 is 1.86 bits per heavy atom. The van der Waals surface area contributed by atoms with Crippen LogP contribution in [0.25, 0.3) is 0 Å². The summed E-state index contributed by atoms with van der Waals surface area (Å²) in [6.07, 6.45) is 0. The predicted octanol–water partition coefficient (Wildman–Crippen LogP) is 1.73. The molecule has 22 heavy (non-hydrogen) atoms. The molecule has 1 aromatic carbocycles. The van der Waals surface area contributed by atoms with Gasteiger partial charge in [-0.1, -0.05) is 6.07 Å². The summed E-state index contributed by atoms with van der Waals surface area (Å²) in [5, 5.41) is 2.99. The number of nitrogens with one attached hydrogen (secondary N) is 1. The molecule has 1 N–H and O–H groups in total. The average molecular weight is 305 g/mol.